The molecule has 0 saturated carbocycles. The number of esters is 1. The molecule has 0 spiro atoms. The topological polar surface area (TPSA) is 150 Å². The Kier molecular flexibility index (Phi) is 7.13. The number of hydrogen-bond donors (Lipinski definition) is 1. The van der Waals surface area contributed by atoms with Crippen molar-refractivity contribution in [2.75, 3.05) is 13.7 Å². The first-order chi connectivity index (χ1) is 16.4. The number of ether oxygens (including phenoxy) is 3. The highest BCUT2D eigenvalue weighted by atomic mass is 16.6. The number of nitrogens with one attached hydrogen (secondary N) is 1. The molecule has 1 aliphatic rings. The second-order valence-corrected chi connectivity index (χ2v) is 8.41. The lowest BCUT2D eigenvalue weighted by Crippen LogP contribution is -2.30. The van der Waals surface area contributed by atoms with Gasteiger partial charge < -0.3 is 23.9 Å². The van der Waals surface area contributed by atoms with Gasteiger partial charge >= 0.3 is 17.7 Å². The molecule has 3 amide bonds. The zero-order valence-electron chi connectivity index (χ0n) is 19.9. The number of hydrogen-bond acceptors (Lipinski definition) is 9. The third kappa shape index (κ3) is 5.78. The number of carbonyl (C=O) groups excluding carboxylic acids is 3. The van der Waals surface area contributed by atoms with E-state index >= 15 is 0 Å². The maximum absolute atomic E-state index is 12.9. The average Bonchev–Trinajstić information content (AvgIpc) is 3.34. The van der Waals surface area contributed by atoms with Crippen LogP contribution in [0.2, 0.25) is 0 Å². The summed E-state index contributed by atoms with van der Waals surface area (Å²) in [5, 5.41) is 14.2. The van der Waals surface area contributed by atoms with Gasteiger partial charge in [-0.2, -0.15) is 0 Å². The monoisotopic (exact) mass is 487 g/mol. The molecule has 0 bridgehead atoms. The Balaban J connectivity index is 1.92. The molecule has 12 nitrogen and oxygen atoms in total. The van der Waals surface area contributed by atoms with Gasteiger partial charge in [-0.1, -0.05) is 0 Å². The van der Waals surface area contributed by atoms with E-state index in [2.05, 4.69) is 10.1 Å². The van der Waals surface area contributed by atoms with Crippen molar-refractivity contribution in [1.29, 1.82) is 0 Å². The number of furan rings is 1. The van der Waals surface area contributed by atoms with Gasteiger partial charge in [-0.15, -0.1) is 0 Å². The Labute approximate surface area is 200 Å². The second-order valence-electron chi connectivity index (χ2n) is 8.41. The molecule has 12 heteroatoms. The summed E-state index contributed by atoms with van der Waals surface area (Å²) in [6, 6.07) is 4.81. The third-order valence-electron chi connectivity index (χ3n) is 4.60. The van der Waals surface area contributed by atoms with Gasteiger partial charge in [0.25, 0.3) is 5.91 Å². The van der Waals surface area contributed by atoms with Crippen LogP contribution in [0.5, 0.6) is 11.5 Å². The Morgan fingerprint density at radius 2 is 1.97 bits per heavy atom. The summed E-state index contributed by atoms with van der Waals surface area (Å²) in [7, 11) is 1.20. The summed E-state index contributed by atoms with van der Waals surface area (Å²) < 4.78 is 21.2. The number of imide groups is 1. The van der Waals surface area contributed by atoms with Gasteiger partial charge in [0, 0.05) is 6.07 Å². The zero-order chi connectivity index (χ0) is 25.9. The molecule has 2 aromatic rings. The molecule has 0 radical (unpaired) electrons. The van der Waals surface area contributed by atoms with Crippen LogP contribution >= 0.6 is 0 Å². The van der Waals surface area contributed by atoms with Crippen molar-refractivity contribution in [2.24, 2.45) is 0 Å². The normalized spacial score (nSPS) is 14.8. The molecule has 1 fully saturated rings. The Morgan fingerprint density at radius 3 is 2.57 bits per heavy atom. The van der Waals surface area contributed by atoms with Crippen LogP contribution in [-0.4, -0.2) is 47.0 Å². The third-order valence-corrected chi connectivity index (χ3v) is 4.60. The van der Waals surface area contributed by atoms with Crippen LogP contribution in [0.4, 0.5) is 10.5 Å². The molecule has 0 unspecified atom stereocenters. The Morgan fingerprint density at radius 1 is 1.26 bits per heavy atom. The minimum atomic E-state index is -0.730. The summed E-state index contributed by atoms with van der Waals surface area (Å²) in [6.45, 7) is 6.95. The van der Waals surface area contributed by atoms with Crippen molar-refractivity contribution in [3.05, 3.63) is 57.2 Å². The van der Waals surface area contributed by atoms with Crippen LogP contribution in [0.3, 0.4) is 0 Å². The van der Waals surface area contributed by atoms with E-state index in [0.717, 1.165) is 4.90 Å². The summed E-state index contributed by atoms with van der Waals surface area (Å²) in [4.78, 5) is 48.8. The van der Waals surface area contributed by atoms with E-state index in [1.807, 2.05) is 0 Å². The smallest absolute Gasteiger partial charge is 0.373 e. The van der Waals surface area contributed by atoms with Gasteiger partial charge in [-0.25, -0.2) is 9.59 Å². The first kappa shape index (κ1) is 25.3. The number of nitro benzene ring substituents is 1. The van der Waals surface area contributed by atoms with Crippen molar-refractivity contribution < 1.29 is 37.9 Å². The highest BCUT2D eigenvalue weighted by Crippen LogP contribution is 2.41. The van der Waals surface area contributed by atoms with E-state index < -0.39 is 28.4 Å². The van der Waals surface area contributed by atoms with Gasteiger partial charge in [0.15, 0.2) is 5.75 Å². The molecule has 1 saturated heterocycles. The molecule has 35 heavy (non-hydrogen) atoms. The van der Waals surface area contributed by atoms with E-state index in [-0.39, 0.29) is 53.1 Å². The Hall–Kier alpha value is -4.35. The number of methoxy groups -OCH3 is 1. The molecule has 2 heterocycles. The first-order valence-electron chi connectivity index (χ1n) is 10.6. The van der Waals surface area contributed by atoms with Crippen molar-refractivity contribution in [1.82, 2.24) is 10.2 Å². The largest absolute Gasteiger partial charge is 0.490 e. The quantitative estimate of drug-likeness (QED) is 0.193. The number of benzene rings is 1. The molecule has 1 aromatic heterocycles. The summed E-state index contributed by atoms with van der Waals surface area (Å²) in [5.41, 5.74) is -0.933. The van der Waals surface area contributed by atoms with Gasteiger partial charge in [-0.05, 0) is 57.5 Å². The number of nitro groups is 1. The van der Waals surface area contributed by atoms with Gasteiger partial charge in [0.2, 0.25) is 11.5 Å². The number of carbonyl (C=O) groups is 3. The lowest BCUT2D eigenvalue weighted by molar-refractivity contribution is -0.386. The minimum Gasteiger partial charge on any atom is -0.490 e. The number of amides is 3. The fourth-order valence-electron chi connectivity index (χ4n) is 3.21. The Bertz CT molecular complexity index is 1210. The fraction of sp³-hybridized carbons (Fsp3) is 0.348. The molecule has 1 aromatic carbocycles. The van der Waals surface area contributed by atoms with E-state index in [4.69, 9.17) is 13.9 Å². The van der Waals surface area contributed by atoms with Gasteiger partial charge in [0.05, 0.1) is 25.2 Å². The predicted molar refractivity (Wildman–Crippen MR) is 122 cm³/mol. The van der Waals surface area contributed by atoms with E-state index in [0.29, 0.717) is 0 Å². The maximum Gasteiger partial charge on any atom is 0.373 e. The van der Waals surface area contributed by atoms with Crippen molar-refractivity contribution in [2.45, 2.75) is 39.8 Å². The van der Waals surface area contributed by atoms with E-state index in [9.17, 15) is 24.5 Å². The maximum atomic E-state index is 12.9. The number of nitrogens with zero attached hydrogens (tertiary/aromatic N) is 2. The number of urea groups is 1. The predicted octanol–water partition coefficient (Wildman–Crippen LogP) is 3.64. The van der Waals surface area contributed by atoms with Crippen LogP contribution in [0.15, 0.2) is 34.4 Å². The van der Waals surface area contributed by atoms with E-state index in [1.165, 1.54) is 37.5 Å². The molecule has 3 rings (SSSR count). The molecule has 1 N–H and O–H groups in total. The van der Waals surface area contributed by atoms with E-state index in [1.54, 1.807) is 27.7 Å². The van der Waals surface area contributed by atoms with Crippen LogP contribution in [0.25, 0.3) is 6.08 Å². The minimum absolute atomic E-state index is 0.0332. The van der Waals surface area contributed by atoms with Crippen molar-refractivity contribution in [3.8, 4) is 11.5 Å². The summed E-state index contributed by atoms with van der Waals surface area (Å²) >= 11 is 0. The molecular weight excluding hydrogens is 462 g/mol. The standard InChI is InChI=1S/C23H25N3O9/c1-6-33-18-11-13(10-16(26(30)31)19(18)35-23(2,3)4)9-15-20(27)25(22(29)24-15)12-14-7-8-17(34-14)21(28)32-5/h7-11H,6,12H2,1-5H3,(H,24,29). The van der Waals surface area contributed by atoms with Crippen LogP contribution in [0, 0.1) is 10.1 Å². The lowest BCUT2D eigenvalue weighted by atomic mass is 10.1. The second kappa shape index (κ2) is 9.87. The first-order valence-corrected chi connectivity index (χ1v) is 10.6. The van der Waals surface area contributed by atoms with Crippen LogP contribution in [-0.2, 0) is 16.1 Å². The SMILES string of the molecule is CCOc1cc(C=C2NC(=O)N(Cc3ccc(C(=O)OC)o3)C2=O)cc([N+](=O)[O-])c1OC(C)(C)C. The molecule has 1 aliphatic heterocycles. The van der Waals surface area contributed by atoms with Crippen molar-refractivity contribution in [3.63, 3.8) is 0 Å². The average molecular weight is 487 g/mol. The summed E-state index contributed by atoms with van der Waals surface area (Å²) in [6.07, 6.45) is 1.30. The molecule has 186 valence electrons. The van der Waals surface area contributed by atoms with Gasteiger partial charge in [-0.3, -0.25) is 19.8 Å². The lowest BCUT2D eigenvalue weighted by Gasteiger charge is -2.23. The number of rotatable bonds is 8. The van der Waals surface area contributed by atoms with Crippen LogP contribution in [0.1, 0.15) is 49.6 Å². The molecule has 0 aliphatic carbocycles. The van der Waals surface area contributed by atoms with Crippen molar-refractivity contribution >= 4 is 29.7 Å². The highest BCUT2D eigenvalue weighted by molar-refractivity contribution is 6.13. The van der Waals surface area contributed by atoms with Gasteiger partial charge in [0.1, 0.15) is 17.1 Å². The zero-order valence-corrected chi connectivity index (χ0v) is 19.9. The van der Waals surface area contributed by atoms with Crippen LogP contribution < -0.4 is 14.8 Å². The highest BCUT2D eigenvalue weighted by Gasteiger charge is 2.35. The fourth-order valence-corrected chi connectivity index (χ4v) is 3.21. The summed E-state index contributed by atoms with van der Waals surface area (Å²) in [5.74, 6) is -1.16. The molecule has 0 atom stereocenters. The molecular formula is C23H25N3O9.